The van der Waals surface area contributed by atoms with Gasteiger partial charge in [0.25, 0.3) is 0 Å². The van der Waals surface area contributed by atoms with Crippen molar-refractivity contribution in [3.8, 4) is 5.75 Å². The zero-order valence-corrected chi connectivity index (χ0v) is 11.8. The van der Waals surface area contributed by atoms with Crippen LogP contribution in [0.3, 0.4) is 0 Å². The summed E-state index contributed by atoms with van der Waals surface area (Å²) in [5, 5.41) is 8.66. The molecule has 0 aliphatic heterocycles. The minimum atomic E-state index is 0.0984. The lowest BCUT2D eigenvalue weighted by Crippen LogP contribution is -2.30. The molecule has 0 atom stereocenters. The third-order valence-electron chi connectivity index (χ3n) is 2.91. The van der Waals surface area contributed by atoms with E-state index in [1.165, 1.54) is 0 Å². The molecule has 1 amide bonds. The topological polar surface area (TPSA) is 49.8 Å². The summed E-state index contributed by atoms with van der Waals surface area (Å²) in [7, 11) is 1.78. The zero-order chi connectivity index (χ0) is 14.1. The Balaban J connectivity index is 2.23. The molecule has 0 aliphatic carbocycles. The Morgan fingerprint density at radius 1 is 1.37 bits per heavy atom. The molecule has 0 aliphatic rings. The summed E-state index contributed by atoms with van der Waals surface area (Å²) in [6, 6.07) is 7.86. The molecule has 0 radical (unpaired) electrons. The van der Waals surface area contributed by atoms with Crippen LogP contribution in [0.5, 0.6) is 5.75 Å². The van der Waals surface area contributed by atoms with Gasteiger partial charge in [0.05, 0.1) is 6.54 Å². The van der Waals surface area contributed by atoms with Crippen LogP contribution >= 0.6 is 0 Å². The Kier molecular flexibility index (Phi) is 6.97. The molecule has 0 aromatic heterocycles. The van der Waals surface area contributed by atoms with Crippen molar-refractivity contribution in [3.63, 3.8) is 0 Å². The van der Waals surface area contributed by atoms with Crippen LogP contribution in [0.25, 0.3) is 0 Å². The van der Waals surface area contributed by atoms with Crippen molar-refractivity contribution in [2.45, 2.75) is 26.2 Å². The molecule has 4 heteroatoms. The van der Waals surface area contributed by atoms with E-state index in [1.54, 1.807) is 11.9 Å². The van der Waals surface area contributed by atoms with Gasteiger partial charge in [-0.15, -0.1) is 0 Å². The number of benzene rings is 1. The van der Waals surface area contributed by atoms with E-state index in [9.17, 15) is 4.79 Å². The smallest absolute Gasteiger partial charge is 0.222 e. The SMILES string of the molecule is Cc1cccc(OCCN(C)C(=O)CCCCO)c1. The van der Waals surface area contributed by atoms with E-state index in [2.05, 4.69) is 0 Å². The number of amides is 1. The molecular weight excluding hydrogens is 242 g/mol. The highest BCUT2D eigenvalue weighted by atomic mass is 16.5. The highest BCUT2D eigenvalue weighted by molar-refractivity contribution is 5.75. The number of hydrogen-bond donors (Lipinski definition) is 1. The van der Waals surface area contributed by atoms with Crippen molar-refractivity contribution in [3.05, 3.63) is 29.8 Å². The second-order valence-electron chi connectivity index (χ2n) is 4.66. The molecular formula is C15H23NO3. The van der Waals surface area contributed by atoms with Crippen LogP contribution in [0, 0.1) is 6.92 Å². The van der Waals surface area contributed by atoms with Crippen LogP contribution in [0.2, 0.25) is 0 Å². The Labute approximate surface area is 115 Å². The van der Waals surface area contributed by atoms with E-state index in [-0.39, 0.29) is 12.5 Å². The van der Waals surface area contributed by atoms with Crippen molar-refractivity contribution in [2.24, 2.45) is 0 Å². The van der Waals surface area contributed by atoms with Crippen LogP contribution < -0.4 is 4.74 Å². The van der Waals surface area contributed by atoms with E-state index in [0.717, 1.165) is 17.7 Å². The van der Waals surface area contributed by atoms with Crippen LogP contribution in [0.1, 0.15) is 24.8 Å². The van der Waals surface area contributed by atoms with Crippen molar-refractivity contribution in [1.82, 2.24) is 4.90 Å². The van der Waals surface area contributed by atoms with E-state index in [1.807, 2.05) is 31.2 Å². The first kappa shape index (κ1) is 15.5. The van der Waals surface area contributed by atoms with E-state index < -0.39 is 0 Å². The lowest BCUT2D eigenvalue weighted by Gasteiger charge is -2.17. The summed E-state index contributed by atoms with van der Waals surface area (Å²) >= 11 is 0. The predicted octanol–water partition coefficient (Wildman–Crippen LogP) is 1.99. The van der Waals surface area contributed by atoms with Gasteiger partial charge in [0.1, 0.15) is 12.4 Å². The normalized spacial score (nSPS) is 10.3. The van der Waals surface area contributed by atoms with Crippen molar-refractivity contribution < 1.29 is 14.6 Å². The predicted molar refractivity (Wildman–Crippen MR) is 75.2 cm³/mol. The number of aliphatic hydroxyl groups is 1. The molecule has 0 spiro atoms. The standard InChI is InChI=1S/C15H23NO3/c1-13-6-5-7-14(12-13)19-11-9-16(2)15(18)8-3-4-10-17/h5-7,12,17H,3-4,8-11H2,1-2H3. The van der Waals surface area contributed by atoms with Crippen LogP contribution in [0.4, 0.5) is 0 Å². The Morgan fingerprint density at radius 2 is 2.16 bits per heavy atom. The molecule has 0 fully saturated rings. The molecule has 1 rings (SSSR count). The molecule has 0 saturated heterocycles. The fourth-order valence-electron chi connectivity index (χ4n) is 1.71. The number of aryl methyl sites for hydroxylation is 1. The molecule has 106 valence electrons. The lowest BCUT2D eigenvalue weighted by atomic mass is 10.2. The first-order valence-corrected chi connectivity index (χ1v) is 6.68. The molecule has 4 nitrogen and oxygen atoms in total. The van der Waals surface area contributed by atoms with Crippen molar-refractivity contribution in [2.75, 3.05) is 26.8 Å². The molecule has 1 N–H and O–H groups in total. The Hall–Kier alpha value is -1.55. The van der Waals surface area contributed by atoms with E-state index >= 15 is 0 Å². The van der Waals surface area contributed by atoms with Crippen molar-refractivity contribution >= 4 is 5.91 Å². The second-order valence-corrected chi connectivity index (χ2v) is 4.66. The quantitative estimate of drug-likeness (QED) is 0.731. The van der Waals surface area contributed by atoms with Gasteiger partial charge in [0.2, 0.25) is 5.91 Å². The molecule has 0 heterocycles. The van der Waals surface area contributed by atoms with Gasteiger partial charge in [0, 0.05) is 20.1 Å². The number of ether oxygens (including phenoxy) is 1. The summed E-state index contributed by atoms with van der Waals surface area (Å²) in [6.45, 7) is 3.23. The number of aliphatic hydroxyl groups excluding tert-OH is 1. The maximum Gasteiger partial charge on any atom is 0.222 e. The average molecular weight is 265 g/mol. The first-order chi connectivity index (χ1) is 9.13. The third-order valence-corrected chi connectivity index (χ3v) is 2.91. The molecule has 0 saturated carbocycles. The van der Waals surface area contributed by atoms with Gasteiger partial charge in [-0.05, 0) is 37.5 Å². The minimum absolute atomic E-state index is 0.0984. The number of carbonyl (C=O) groups is 1. The molecule has 19 heavy (non-hydrogen) atoms. The molecule has 1 aromatic rings. The van der Waals surface area contributed by atoms with Crippen molar-refractivity contribution in [1.29, 1.82) is 0 Å². The fourth-order valence-corrected chi connectivity index (χ4v) is 1.71. The van der Waals surface area contributed by atoms with Crippen LogP contribution in [-0.2, 0) is 4.79 Å². The second kappa shape index (κ2) is 8.53. The van der Waals surface area contributed by atoms with Gasteiger partial charge >= 0.3 is 0 Å². The van der Waals surface area contributed by atoms with Gasteiger partial charge in [-0.25, -0.2) is 0 Å². The Bertz CT molecular complexity index is 393. The number of nitrogens with zero attached hydrogens (tertiary/aromatic N) is 1. The highest BCUT2D eigenvalue weighted by Crippen LogP contribution is 2.12. The summed E-state index contributed by atoms with van der Waals surface area (Å²) < 4.78 is 5.60. The monoisotopic (exact) mass is 265 g/mol. The number of likely N-dealkylation sites (N-methyl/N-ethyl adjacent to an activating group) is 1. The average Bonchev–Trinajstić information content (AvgIpc) is 2.39. The van der Waals surface area contributed by atoms with E-state index in [4.69, 9.17) is 9.84 Å². The minimum Gasteiger partial charge on any atom is -0.492 e. The number of rotatable bonds is 8. The van der Waals surface area contributed by atoms with Crippen LogP contribution in [0.15, 0.2) is 24.3 Å². The molecule has 1 aromatic carbocycles. The summed E-state index contributed by atoms with van der Waals surface area (Å²) in [5.74, 6) is 0.933. The number of hydrogen-bond acceptors (Lipinski definition) is 3. The largest absolute Gasteiger partial charge is 0.492 e. The molecule has 0 unspecified atom stereocenters. The lowest BCUT2D eigenvalue weighted by molar-refractivity contribution is -0.130. The van der Waals surface area contributed by atoms with Gasteiger partial charge in [0.15, 0.2) is 0 Å². The Morgan fingerprint density at radius 3 is 2.84 bits per heavy atom. The summed E-state index contributed by atoms with van der Waals surface area (Å²) in [6.07, 6.45) is 1.90. The van der Waals surface area contributed by atoms with Gasteiger partial charge < -0.3 is 14.7 Å². The highest BCUT2D eigenvalue weighted by Gasteiger charge is 2.07. The summed E-state index contributed by atoms with van der Waals surface area (Å²) in [4.78, 5) is 13.4. The van der Waals surface area contributed by atoms with Gasteiger partial charge in [-0.3, -0.25) is 4.79 Å². The fraction of sp³-hybridized carbons (Fsp3) is 0.533. The zero-order valence-electron chi connectivity index (χ0n) is 11.8. The van der Waals surface area contributed by atoms with E-state index in [0.29, 0.717) is 26.0 Å². The van der Waals surface area contributed by atoms with Crippen LogP contribution in [-0.4, -0.2) is 42.7 Å². The number of unbranched alkanes of at least 4 members (excludes halogenated alkanes) is 1. The maximum absolute atomic E-state index is 11.7. The van der Waals surface area contributed by atoms with Gasteiger partial charge in [-0.1, -0.05) is 12.1 Å². The number of carbonyl (C=O) groups excluding carboxylic acids is 1. The first-order valence-electron chi connectivity index (χ1n) is 6.68. The maximum atomic E-state index is 11.7. The molecule has 0 bridgehead atoms. The van der Waals surface area contributed by atoms with Gasteiger partial charge in [-0.2, -0.15) is 0 Å². The third kappa shape index (κ3) is 6.25. The summed E-state index contributed by atoms with van der Waals surface area (Å²) in [5.41, 5.74) is 1.16.